The van der Waals surface area contributed by atoms with Crippen LogP contribution in [0.25, 0.3) is 5.69 Å². The minimum Gasteiger partial charge on any atom is -0.390 e. The zero-order valence-electron chi connectivity index (χ0n) is 19.5. The number of aromatic nitrogens is 2. The highest BCUT2D eigenvalue weighted by Gasteiger charge is 2.26. The predicted molar refractivity (Wildman–Crippen MR) is 128 cm³/mol. The normalized spacial score (nSPS) is 12.7. The summed E-state index contributed by atoms with van der Waals surface area (Å²) in [7, 11) is 0. The Balaban J connectivity index is 2.07. The van der Waals surface area contributed by atoms with E-state index in [0.717, 1.165) is 0 Å². The Morgan fingerprint density at radius 2 is 1.47 bits per heavy atom. The highest BCUT2D eigenvalue weighted by Crippen LogP contribution is 2.17. The van der Waals surface area contributed by atoms with E-state index in [4.69, 9.17) is 0 Å². The Hall–Kier alpha value is -2.96. The van der Waals surface area contributed by atoms with E-state index in [1.54, 1.807) is 35.9 Å². The van der Waals surface area contributed by atoms with E-state index in [1.165, 1.54) is 4.68 Å². The first-order valence-electron chi connectivity index (χ1n) is 11.1. The standard InChI is InChI=1S/C26H33N3O3/c1-18(2)27(19(3)4)16-23(30)17-28-20(5)24(25(31)21-12-8-6-9-13-21)26(32)29(28)22-14-10-7-11-15-22/h6-15,18-19,23,30H,16-17H2,1-5H3. The van der Waals surface area contributed by atoms with Gasteiger partial charge in [0, 0.05) is 29.9 Å². The summed E-state index contributed by atoms with van der Waals surface area (Å²) in [6.45, 7) is 10.8. The molecule has 0 aliphatic heterocycles. The molecule has 0 aliphatic rings. The topological polar surface area (TPSA) is 67.5 Å². The van der Waals surface area contributed by atoms with Crippen LogP contribution in [0.5, 0.6) is 0 Å². The van der Waals surface area contributed by atoms with Gasteiger partial charge in [0.2, 0.25) is 0 Å². The second kappa shape index (κ2) is 10.1. The highest BCUT2D eigenvalue weighted by atomic mass is 16.3. The van der Waals surface area contributed by atoms with Gasteiger partial charge in [0.05, 0.1) is 18.3 Å². The van der Waals surface area contributed by atoms with Gasteiger partial charge < -0.3 is 5.11 Å². The number of ketones is 1. The number of carbonyl (C=O) groups excluding carboxylic acids is 1. The molecule has 0 aliphatic carbocycles. The van der Waals surface area contributed by atoms with E-state index in [9.17, 15) is 14.7 Å². The van der Waals surface area contributed by atoms with Crippen LogP contribution >= 0.6 is 0 Å². The molecule has 0 fully saturated rings. The minimum atomic E-state index is -0.708. The van der Waals surface area contributed by atoms with Gasteiger partial charge >= 0.3 is 0 Å². The van der Waals surface area contributed by atoms with Crippen LogP contribution in [0.3, 0.4) is 0 Å². The third kappa shape index (κ3) is 4.92. The molecule has 0 saturated carbocycles. The number of hydrogen-bond donors (Lipinski definition) is 1. The van der Waals surface area contributed by atoms with Crippen LogP contribution in [-0.4, -0.2) is 49.9 Å². The van der Waals surface area contributed by atoms with E-state index >= 15 is 0 Å². The lowest BCUT2D eigenvalue weighted by Gasteiger charge is -2.32. The molecular weight excluding hydrogens is 402 g/mol. The Morgan fingerprint density at radius 1 is 0.938 bits per heavy atom. The molecule has 1 heterocycles. The molecule has 0 radical (unpaired) electrons. The summed E-state index contributed by atoms with van der Waals surface area (Å²) in [5.74, 6) is -0.308. The molecule has 0 bridgehead atoms. The smallest absolute Gasteiger partial charge is 0.282 e. The zero-order chi connectivity index (χ0) is 23.4. The quantitative estimate of drug-likeness (QED) is 0.521. The monoisotopic (exact) mass is 435 g/mol. The van der Waals surface area contributed by atoms with Gasteiger partial charge in [-0.3, -0.25) is 19.2 Å². The van der Waals surface area contributed by atoms with Crippen LogP contribution in [0.1, 0.15) is 49.3 Å². The molecular formula is C26H33N3O3. The van der Waals surface area contributed by atoms with Gasteiger partial charge in [-0.2, -0.15) is 0 Å². The molecule has 170 valence electrons. The summed E-state index contributed by atoms with van der Waals surface area (Å²) in [6, 6.07) is 18.6. The van der Waals surface area contributed by atoms with E-state index in [-0.39, 0.29) is 35.5 Å². The number of carbonyl (C=O) groups is 1. The molecule has 0 saturated heterocycles. The maximum atomic E-state index is 13.5. The van der Waals surface area contributed by atoms with Crippen molar-refractivity contribution in [3.63, 3.8) is 0 Å². The first-order chi connectivity index (χ1) is 15.2. The molecule has 6 nitrogen and oxygen atoms in total. The van der Waals surface area contributed by atoms with E-state index in [2.05, 4.69) is 32.6 Å². The lowest BCUT2D eigenvalue weighted by Crippen LogP contribution is -2.43. The molecule has 0 spiro atoms. The van der Waals surface area contributed by atoms with Gasteiger partial charge in [-0.1, -0.05) is 48.5 Å². The largest absolute Gasteiger partial charge is 0.390 e. The summed E-state index contributed by atoms with van der Waals surface area (Å²) in [6.07, 6.45) is -0.708. The van der Waals surface area contributed by atoms with E-state index in [1.807, 2.05) is 36.4 Å². The van der Waals surface area contributed by atoms with Crippen LogP contribution in [0.2, 0.25) is 0 Å². The fourth-order valence-electron chi connectivity index (χ4n) is 4.21. The SMILES string of the molecule is Cc1c(C(=O)c2ccccc2)c(=O)n(-c2ccccc2)n1CC(O)CN(C(C)C)C(C)C. The molecule has 2 aromatic carbocycles. The number of hydrogen-bond acceptors (Lipinski definition) is 4. The Morgan fingerprint density at radius 3 is 2.00 bits per heavy atom. The van der Waals surface area contributed by atoms with Crippen molar-refractivity contribution >= 4 is 5.78 Å². The molecule has 3 rings (SSSR count). The number of para-hydroxylation sites is 1. The fraction of sp³-hybridized carbons (Fsp3) is 0.385. The van der Waals surface area contributed by atoms with Crippen molar-refractivity contribution in [1.82, 2.24) is 14.3 Å². The maximum absolute atomic E-state index is 13.5. The number of aliphatic hydroxyl groups is 1. The summed E-state index contributed by atoms with van der Waals surface area (Å²) >= 11 is 0. The van der Waals surface area contributed by atoms with Crippen LogP contribution in [0, 0.1) is 6.92 Å². The molecule has 1 atom stereocenters. The third-order valence-electron chi connectivity index (χ3n) is 5.79. The van der Waals surface area contributed by atoms with Gasteiger partial charge in [-0.25, -0.2) is 4.68 Å². The summed E-state index contributed by atoms with van der Waals surface area (Å²) in [5, 5.41) is 11.0. The Labute approximate surface area is 189 Å². The maximum Gasteiger partial charge on any atom is 0.282 e. The molecule has 1 N–H and O–H groups in total. The van der Waals surface area contributed by atoms with Crippen molar-refractivity contribution in [2.24, 2.45) is 0 Å². The number of aliphatic hydroxyl groups excluding tert-OH is 1. The molecule has 1 aromatic heterocycles. The van der Waals surface area contributed by atoms with Crippen LogP contribution < -0.4 is 5.56 Å². The summed E-state index contributed by atoms with van der Waals surface area (Å²) in [4.78, 5) is 28.9. The molecule has 6 heteroatoms. The summed E-state index contributed by atoms with van der Waals surface area (Å²) in [5.41, 5.74) is 1.43. The molecule has 1 unspecified atom stereocenters. The number of rotatable bonds is 9. The van der Waals surface area contributed by atoms with Crippen molar-refractivity contribution in [2.45, 2.75) is 59.4 Å². The third-order valence-corrected chi connectivity index (χ3v) is 5.79. The van der Waals surface area contributed by atoms with E-state index < -0.39 is 6.10 Å². The average molecular weight is 436 g/mol. The Bertz CT molecular complexity index is 1090. The van der Waals surface area contributed by atoms with Gasteiger partial charge in [0.1, 0.15) is 5.56 Å². The van der Waals surface area contributed by atoms with Crippen molar-refractivity contribution in [2.75, 3.05) is 6.54 Å². The van der Waals surface area contributed by atoms with E-state index in [0.29, 0.717) is 23.5 Å². The lowest BCUT2D eigenvalue weighted by molar-refractivity contribution is 0.0615. The van der Waals surface area contributed by atoms with Gasteiger partial charge in [-0.05, 0) is 46.8 Å². The van der Waals surface area contributed by atoms with Gasteiger partial charge in [0.25, 0.3) is 5.56 Å². The first kappa shape index (κ1) is 23.7. The van der Waals surface area contributed by atoms with Gasteiger partial charge in [0.15, 0.2) is 5.78 Å². The fourth-order valence-corrected chi connectivity index (χ4v) is 4.21. The van der Waals surface area contributed by atoms with Crippen molar-refractivity contribution < 1.29 is 9.90 Å². The molecule has 3 aromatic rings. The Kier molecular flexibility index (Phi) is 7.48. The number of nitrogens with zero attached hydrogens (tertiary/aromatic N) is 3. The molecule has 0 amide bonds. The summed E-state index contributed by atoms with van der Waals surface area (Å²) < 4.78 is 3.24. The van der Waals surface area contributed by atoms with Gasteiger partial charge in [-0.15, -0.1) is 0 Å². The van der Waals surface area contributed by atoms with Crippen LogP contribution in [0.15, 0.2) is 65.5 Å². The van der Waals surface area contributed by atoms with Crippen molar-refractivity contribution in [3.05, 3.63) is 87.8 Å². The highest BCUT2D eigenvalue weighted by molar-refractivity contribution is 6.09. The average Bonchev–Trinajstić information content (AvgIpc) is 3.01. The van der Waals surface area contributed by atoms with Crippen LogP contribution in [-0.2, 0) is 6.54 Å². The van der Waals surface area contributed by atoms with Crippen molar-refractivity contribution in [3.8, 4) is 5.69 Å². The molecule has 32 heavy (non-hydrogen) atoms. The first-order valence-corrected chi connectivity index (χ1v) is 11.1. The second-order valence-electron chi connectivity index (χ2n) is 8.73. The van der Waals surface area contributed by atoms with Crippen molar-refractivity contribution in [1.29, 1.82) is 0 Å². The number of benzene rings is 2. The van der Waals surface area contributed by atoms with Crippen LogP contribution in [0.4, 0.5) is 0 Å². The zero-order valence-corrected chi connectivity index (χ0v) is 19.5. The predicted octanol–water partition coefficient (Wildman–Crippen LogP) is 3.66. The lowest BCUT2D eigenvalue weighted by atomic mass is 10.0. The second-order valence-corrected chi connectivity index (χ2v) is 8.73. The minimum absolute atomic E-state index is 0.136.